The average molecular weight is 303 g/mol. The Kier molecular flexibility index (Phi) is 4.71. The fraction of sp³-hybridized carbons (Fsp3) is 1.00. The summed E-state index contributed by atoms with van der Waals surface area (Å²) in [7, 11) is 0. The molecule has 0 N–H and O–H groups in total. The zero-order valence-corrected chi connectivity index (χ0v) is 14.2. The van der Waals surface area contributed by atoms with Crippen LogP contribution >= 0.6 is 0 Å². The molecule has 0 bridgehead atoms. The lowest BCUT2D eigenvalue weighted by molar-refractivity contribution is -0.0955. The highest BCUT2D eigenvalue weighted by molar-refractivity contribution is 4.91. The largest absolute Gasteiger partial charge is 0.376 e. The summed E-state index contributed by atoms with van der Waals surface area (Å²) in [5.74, 6) is -2.31. The van der Waals surface area contributed by atoms with Crippen molar-refractivity contribution in [2.24, 2.45) is 11.3 Å². The van der Waals surface area contributed by atoms with Gasteiger partial charge in [0.15, 0.2) is 0 Å². The number of rotatable bonds is 5. The molecule has 1 aliphatic heterocycles. The molecule has 1 unspecified atom stereocenters. The number of hydrogen-bond acceptors (Lipinski definition) is 2. The lowest BCUT2D eigenvalue weighted by Gasteiger charge is -2.47. The number of nitrogens with zero attached hydrogens (tertiary/aromatic N) is 1. The normalized spacial score (nSPS) is 27.9. The third-order valence-corrected chi connectivity index (χ3v) is 5.41. The Labute approximate surface area is 128 Å². The second kappa shape index (κ2) is 5.77. The Balaban J connectivity index is 1.67. The second-order valence-corrected chi connectivity index (χ2v) is 8.60. The summed E-state index contributed by atoms with van der Waals surface area (Å²) in [5.41, 5.74) is 0.169. The molecule has 124 valence electrons. The van der Waals surface area contributed by atoms with Crippen molar-refractivity contribution in [3.63, 3.8) is 0 Å². The van der Waals surface area contributed by atoms with Crippen molar-refractivity contribution in [2.75, 3.05) is 19.7 Å². The predicted octanol–water partition coefficient (Wildman–Crippen LogP) is 4.34. The quantitative estimate of drug-likeness (QED) is 0.749. The van der Waals surface area contributed by atoms with Gasteiger partial charge in [-0.15, -0.1) is 0 Å². The minimum Gasteiger partial charge on any atom is -0.376 e. The van der Waals surface area contributed by atoms with Gasteiger partial charge in [0.2, 0.25) is 5.92 Å². The summed E-state index contributed by atoms with van der Waals surface area (Å²) in [6, 6.07) is 0. The Hall–Kier alpha value is -0.220. The molecule has 0 aromatic rings. The van der Waals surface area contributed by atoms with Crippen LogP contribution in [-0.4, -0.2) is 42.2 Å². The topological polar surface area (TPSA) is 12.5 Å². The molecule has 21 heavy (non-hydrogen) atoms. The zero-order valence-electron chi connectivity index (χ0n) is 14.2. The summed E-state index contributed by atoms with van der Waals surface area (Å²) in [6.45, 7) is 13.6. The monoisotopic (exact) mass is 303 g/mol. The van der Waals surface area contributed by atoms with Crippen molar-refractivity contribution in [2.45, 2.75) is 77.9 Å². The fourth-order valence-electron chi connectivity index (χ4n) is 3.40. The van der Waals surface area contributed by atoms with E-state index >= 15 is 0 Å². The van der Waals surface area contributed by atoms with E-state index in [1.807, 2.05) is 0 Å². The number of ether oxygens (including phenoxy) is 1. The van der Waals surface area contributed by atoms with Crippen LogP contribution in [0.1, 0.15) is 60.3 Å². The molecule has 2 nitrogen and oxygen atoms in total. The Morgan fingerprint density at radius 2 is 1.76 bits per heavy atom. The summed E-state index contributed by atoms with van der Waals surface area (Å²) in [5, 5.41) is 0. The maximum absolute atomic E-state index is 13.4. The van der Waals surface area contributed by atoms with Crippen LogP contribution in [0.25, 0.3) is 0 Å². The van der Waals surface area contributed by atoms with E-state index in [1.54, 1.807) is 0 Å². The van der Waals surface area contributed by atoms with Crippen molar-refractivity contribution in [1.82, 2.24) is 4.90 Å². The maximum atomic E-state index is 13.4. The lowest BCUT2D eigenvalue weighted by Crippen LogP contribution is -2.59. The van der Waals surface area contributed by atoms with Gasteiger partial charge in [-0.25, -0.2) is 8.78 Å². The van der Waals surface area contributed by atoms with Crippen molar-refractivity contribution < 1.29 is 13.5 Å². The molecule has 1 aliphatic carbocycles. The standard InChI is InChI=1S/C17H31F2NO/c1-15(2,3)20-11-14(12-20)21-9-8-16(4,5)13-6-7-17(18,19)10-13/h13-14H,6-12H2,1-5H3. The molecule has 0 amide bonds. The molecule has 1 heterocycles. The molecular weight excluding hydrogens is 272 g/mol. The van der Waals surface area contributed by atoms with Gasteiger partial charge in [-0.2, -0.15) is 0 Å². The van der Waals surface area contributed by atoms with Gasteiger partial charge < -0.3 is 4.74 Å². The molecule has 1 saturated carbocycles. The number of likely N-dealkylation sites (tertiary alicyclic amines) is 1. The van der Waals surface area contributed by atoms with E-state index in [2.05, 4.69) is 39.5 Å². The Morgan fingerprint density at radius 3 is 2.24 bits per heavy atom. The zero-order chi connectivity index (χ0) is 15.9. The van der Waals surface area contributed by atoms with Crippen molar-refractivity contribution >= 4 is 0 Å². The van der Waals surface area contributed by atoms with Gasteiger partial charge in [0.05, 0.1) is 6.10 Å². The van der Waals surface area contributed by atoms with Crippen LogP contribution in [0, 0.1) is 11.3 Å². The summed E-state index contributed by atoms with van der Waals surface area (Å²) < 4.78 is 32.6. The maximum Gasteiger partial charge on any atom is 0.248 e. The SMILES string of the molecule is CC(C)(CCOC1CN(C(C)(C)C)C1)C1CCC(F)(F)C1. The molecule has 0 spiro atoms. The van der Waals surface area contributed by atoms with E-state index in [-0.39, 0.29) is 29.7 Å². The van der Waals surface area contributed by atoms with Gasteiger partial charge in [-0.3, -0.25) is 4.90 Å². The smallest absolute Gasteiger partial charge is 0.248 e. The van der Waals surface area contributed by atoms with E-state index < -0.39 is 5.92 Å². The number of halogens is 2. The highest BCUT2D eigenvalue weighted by Crippen LogP contribution is 2.48. The first kappa shape index (κ1) is 17.1. The highest BCUT2D eigenvalue weighted by Gasteiger charge is 2.45. The fourth-order valence-corrected chi connectivity index (χ4v) is 3.40. The first-order valence-electron chi connectivity index (χ1n) is 8.24. The minimum atomic E-state index is -2.44. The summed E-state index contributed by atoms with van der Waals surface area (Å²) in [6.07, 6.45) is 1.97. The molecule has 0 aromatic heterocycles. The van der Waals surface area contributed by atoms with E-state index in [4.69, 9.17) is 4.74 Å². The molecular formula is C17H31F2NO. The highest BCUT2D eigenvalue weighted by atomic mass is 19.3. The third kappa shape index (κ3) is 4.38. The van der Waals surface area contributed by atoms with E-state index in [9.17, 15) is 8.78 Å². The Morgan fingerprint density at radius 1 is 1.14 bits per heavy atom. The van der Waals surface area contributed by atoms with Crippen LogP contribution in [0.5, 0.6) is 0 Å². The van der Waals surface area contributed by atoms with Crippen LogP contribution < -0.4 is 0 Å². The molecule has 0 aromatic carbocycles. The van der Waals surface area contributed by atoms with E-state index in [1.165, 1.54) is 0 Å². The first-order chi connectivity index (χ1) is 9.50. The molecule has 2 aliphatic rings. The van der Waals surface area contributed by atoms with Gasteiger partial charge in [0, 0.05) is 38.1 Å². The van der Waals surface area contributed by atoms with Crippen LogP contribution in [-0.2, 0) is 4.74 Å². The molecule has 2 fully saturated rings. The van der Waals surface area contributed by atoms with Crippen LogP contribution in [0.15, 0.2) is 0 Å². The molecule has 4 heteroatoms. The average Bonchev–Trinajstić information content (AvgIpc) is 2.61. The van der Waals surface area contributed by atoms with Crippen LogP contribution in [0.2, 0.25) is 0 Å². The van der Waals surface area contributed by atoms with Gasteiger partial charge >= 0.3 is 0 Å². The second-order valence-electron chi connectivity index (χ2n) is 8.60. The Bertz CT molecular complexity index is 356. The third-order valence-electron chi connectivity index (χ3n) is 5.41. The van der Waals surface area contributed by atoms with Gasteiger partial charge in [-0.05, 0) is 44.9 Å². The van der Waals surface area contributed by atoms with E-state index in [0.29, 0.717) is 19.1 Å². The summed E-state index contributed by atoms with van der Waals surface area (Å²) >= 11 is 0. The van der Waals surface area contributed by atoms with Crippen molar-refractivity contribution in [1.29, 1.82) is 0 Å². The van der Waals surface area contributed by atoms with Crippen LogP contribution in [0.3, 0.4) is 0 Å². The van der Waals surface area contributed by atoms with Crippen LogP contribution in [0.4, 0.5) is 8.78 Å². The van der Waals surface area contributed by atoms with Crippen molar-refractivity contribution in [3.8, 4) is 0 Å². The number of alkyl halides is 2. The van der Waals surface area contributed by atoms with Gasteiger partial charge in [0.25, 0.3) is 0 Å². The predicted molar refractivity (Wildman–Crippen MR) is 81.8 cm³/mol. The van der Waals surface area contributed by atoms with Crippen molar-refractivity contribution in [3.05, 3.63) is 0 Å². The molecule has 0 radical (unpaired) electrons. The lowest BCUT2D eigenvalue weighted by atomic mass is 9.75. The molecule has 1 saturated heterocycles. The summed E-state index contributed by atoms with van der Waals surface area (Å²) in [4.78, 5) is 2.40. The molecule has 2 rings (SSSR count). The van der Waals surface area contributed by atoms with E-state index in [0.717, 1.165) is 19.5 Å². The number of hydrogen-bond donors (Lipinski definition) is 0. The first-order valence-corrected chi connectivity index (χ1v) is 8.24. The molecule has 1 atom stereocenters. The minimum absolute atomic E-state index is 0.0482. The van der Waals surface area contributed by atoms with Gasteiger partial charge in [-0.1, -0.05) is 13.8 Å². The van der Waals surface area contributed by atoms with Gasteiger partial charge in [0.1, 0.15) is 0 Å².